The van der Waals surface area contributed by atoms with E-state index in [2.05, 4.69) is 25.5 Å². The van der Waals surface area contributed by atoms with E-state index in [1.54, 1.807) is 0 Å². The fourth-order valence-corrected chi connectivity index (χ4v) is 3.69. The van der Waals surface area contributed by atoms with Gasteiger partial charge in [-0.25, -0.2) is 0 Å². The molecular weight excluding hydrogens is 306 g/mol. The summed E-state index contributed by atoms with van der Waals surface area (Å²) in [4.78, 5) is 16.1. The van der Waals surface area contributed by atoms with Gasteiger partial charge in [-0.2, -0.15) is 4.52 Å². The average Bonchev–Trinajstić information content (AvgIpc) is 3.20. The molecule has 0 spiro atoms. The number of piperidine rings is 1. The Hall–Kier alpha value is -2.22. The van der Waals surface area contributed by atoms with Gasteiger partial charge in [0, 0.05) is 26.6 Å². The molecule has 128 valence electrons. The number of nitrogens with one attached hydrogen (secondary N) is 1. The summed E-state index contributed by atoms with van der Waals surface area (Å²) in [5.74, 6) is 2.34. The van der Waals surface area contributed by atoms with Crippen LogP contribution < -0.4 is 10.2 Å². The summed E-state index contributed by atoms with van der Waals surface area (Å²) in [7, 11) is 3.95. The summed E-state index contributed by atoms with van der Waals surface area (Å²) < 4.78 is 1.87. The maximum absolute atomic E-state index is 11.9. The largest absolute Gasteiger partial charge is 0.361 e. The number of likely N-dealkylation sites (tertiary alicyclic amines) is 1. The first kappa shape index (κ1) is 15.3. The van der Waals surface area contributed by atoms with Crippen LogP contribution in [-0.4, -0.2) is 70.4 Å². The molecule has 0 aromatic carbocycles. The summed E-state index contributed by atoms with van der Waals surface area (Å²) in [5, 5.41) is 16.2. The molecule has 1 atom stereocenters. The van der Waals surface area contributed by atoms with E-state index in [-0.39, 0.29) is 11.9 Å². The molecule has 1 unspecified atom stereocenters. The van der Waals surface area contributed by atoms with E-state index in [4.69, 9.17) is 0 Å². The number of carbonyl (C=O) groups excluding carboxylic acids is 1. The molecule has 2 aromatic heterocycles. The lowest BCUT2D eigenvalue weighted by Gasteiger charge is -2.33. The minimum Gasteiger partial charge on any atom is -0.361 e. The van der Waals surface area contributed by atoms with Gasteiger partial charge in [0.25, 0.3) is 0 Å². The quantitative estimate of drug-likeness (QED) is 0.870. The third-order valence-corrected chi connectivity index (χ3v) is 5.09. The van der Waals surface area contributed by atoms with Gasteiger partial charge in [-0.3, -0.25) is 9.69 Å². The standard InChI is InChI=1S/C16H23N7O/c1-21(2)14-4-3-13-18-19-15(23(13)20-14)11-6-9-22(10-7-11)12-5-8-17-16(12)24/h3-4,11-12H,5-10H2,1-2H3,(H,17,24). The average molecular weight is 329 g/mol. The van der Waals surface area contributed by atoms with E-state index < -0.39 is 0 Å². The van der Waals surface area contributed by atoms with Crippen molar-refractivity contribution >= 4 is 17.4 Å². The lowest BCUT2D eigenvalue weighted by Crippen LogP contribution is -2.44. The molecule has 1 N–H and O–H groups in total. The fraction of sp³-hybridized carbons (Fsp3) is 0.625. The number of fused-ring (bicyclic) bond motifs is 1. The molecule has 2 aromatic rings. The second-order valence-electron chi connectivity index (χ2n) is 6.82. The molecule has 24 heavy (non-hydrogen) atoms. The highest BCUT2D eigenvalue weighted by Gasteiger charge is 2.34. The second-order valence-corrected chi connectivity index (χ2v) is 6.82. The van der Waals surface area contributed by atoms with Crippen molar-refractivity contribution in [2.24, 2.45) is 0 Å². The maximum atomic E-state index is 11.9. The van der Waals surface area contributed by atoms with Crippen molar-refractivity contribution in [2.75, 3.05) is 38.6 Å². The number of carbonyl (C=O) groups is 1. The first-order valence-corrected chi connectivity index (χ1v) is 8.55. The summed E-state index contributed by atoms with van der Waals surface area (Å²) in [5.41, 5.74) is 0.785. The molecule has 2 aliphatic heterocycles. The van der Waals surface area contributed by atoms with Gasteiger partial charge >= 0.3 is 0 Å². The summed E-state index contributed by atoms with van der Waals surface area (Å²) in [6, 6.07) is 3.96. The Morgan fingerprint density at radius 3 is 2.62 bits per heavy atom. The Bertz CT molecular complexity index is 748. The third kappa shape index (κ3) is 2.60. The molecular formula is C16H23N7O. The van der Waals surface area contributed by atoms with E-state index in [0.717, 1.165) is 56.2 Å². The van der Waals surface area contributed by atoms with Crippen LogP contribution >= 0.6 is 0 Å². The molecule has 0 saturated carbocycles. The van der Waals surface area contributed by atoms with Crippen molar-refractivity contribution in [3.8, 4) is 0 Å². The number of anilines is 1. The van der Waals surface area contributed by atoms with Crippen LogP contribution in [0.4, 0.5) is 5.82 Å². The van der Waals surface area contributed by atoms with Crippen LogP contribution in [0.1, 0.15) is 31.0 Å². The fourth-order valence-electron chi connectivity index (χ4n) is 3.69. The molecule has 0 bridgehead atoms. The number of hydrogen-bond acceptors (Lipinski definition) is 6. The number of amides is 1. The zero-order chi connectivity index (χ0) is 16.7. The van der Waals surface area contributed by atoms with Gasteiger partial charge in [-0.05, 0) is 44.5 Å². The van der Waals surface area contributed by atoms with Crippen LogP contribution in [-0.2, 0) is 4.79 Å². The van der Waals surface area contributed by atoms with Gasteiger partial charge in [-0.1, -0.05) is 0 Å². The van der Waals surface area contributed by atoms with E-state index >= 15 is 0 Å². The van der Waals surface area contributed by atoms with Crippen LogP contribution in [0.5, 0.6) is 0 Å². The van der Waals surface area contributed by atoms with Crippen LogP contribution in [0.15, 0.2) is 12.1 Å². The number of hydrogen-bond donors (Lipinski definition) is 1. The van der Waals surface area contributed by atoms with Crippen molar-refractivity contribution in [3.05, 3.63) is 18.0 Å². The molecule has 1 amide bonds. The molecule has 4 rings (SSSR count). The number of rotatable bonds is 3. The van der Waals surface area contributed by atoms with E-state index in [0.29, 0.717) is 5.92 Å². The molecule has 8 nitrogen and oxygen atoms in total. The second kappa shape index (κ2) is 6.01. The molecule has 0 radical (unpaired) electrons. The molecule has 2 fully saturated rings. The zero-order valence-corrected chi connectivity index (χ0v) is 14.1. The monoisotopic (exact) mass is 329 g/mol. The van der Waals surface area contributed by atoms with Gasteiger partial charge < -0.3 is 10.2 Å². The lowest BCUT2D eigenvalue weighted by atomic mass is 9.95. The zero-order valence-electron chi connectivity index (χ0n) is 14.1. The van der Waals surface area contributed by atoms with Gasteiger partial charge in [0.15, 0.2) is 11.5 Å². The Balaban J connectivity index is 1.52. The predicted molar refractivity (Wildman–Crippen MR) is 90.1 cm³/mol. The minimum absolute atomic E-state index is 0.0552. The number of aromatic nitrogens is 4. The first-order chi connectivity index (χ1) is 11.6. The Kier molecular flexibility index (Phi) is 3.84. The normalized spacial score (nSPS) is 22.9. The molecule has 0 aliphatic carbocycles. The smallest absolute Gasteiger partial charge is 0.237 e. The number of nitrogens with zero attached hydrogens (tertiary/aromatic N) is 6. The Morgan fingerprint density at radius 2 is 1.96 bits per heavy atom. The van der Waals surface area contributed by atoms with E-state index in [1.807, 2.05) is 35.6 Å². The molecule has 4 heterocycles. The van der Waals surface area contributed by atoms with Crippen LogP contribution in [0.25, 0.3) is 5.65 Å². The first-order valence-electron chi connectivity index (χ1n) is 8.55. The van der Waals surface area contributed by atoms with Crippen LogP contribution in [0.3, 0.4) is 0 Å². The topological polar surface area (TPSA) is 78.7 Å². The van der Waals surface area contributed by atoms with Crippen LogP contribution in [0.2, 0.25) is 0 Å². The third-order valence-electron chi connectivity index (χ3n) is 5.09. The molecule has 2 aliphatic rings. The predicted octanol–water partition coefficient (Wildman–Crippen LogP) is 0.258. The van der Waals surface area contributed by atoms with Crippen molar-refractivity contribution in [3.63, 3.8) is 0 Å². The summed E-state index contributed by atoms with van der Waals surface area (Å²) in [6.45, 7) is 2.64. The van der Waals surface area contributed by atoms with Crippen molar-refractivity contribution in [1.82, 2.24) is 30.0 Å². The summed E-state index contributed by atoms with van der Waals surface area (Å²) >= 11 is 0. The Labute approximate surface area is 140 Å². The minimum atomic E-state index is 0.0552. The highest BCUT2D eigenvalue weighted by Crippen LogP contribution is 2.29. The van der Waals surface area contributed by atoms with E-state index in [9.17, 15) is 4.79 Å². The van der Waals surface area contributed by atoms with Crippen LogP contribution in [0, 0.1) is 0 Å². The van der Waals surface area contributed by atoms with Crippen molar-refractivity contribution in [2.45, 2.75) is 31.2 Å². The maximum Gasteiger partial charge on any atom is 0.237 e. The van der Waals surface area contributed by atoms with Gasteiger partial charge in [0.2, 0.25) is 5.91 Å². The van der Waals surface area contributed by atoms with Gasteiger partial charge in [0.05, 0.1) is 6.04 Å². The van der Waals surface area contributed by atoms with Gasteiger partial charge in [0.1, 0.15) is 5.82 Å². The molecule has 8 heteroatoms. The van der Waals surface area contributed by atoms with Gasteiger partial charge in [-0.15, -0.1) is 15.3 Å². The molecule has 2 saturated heterocycles. The highest BCUT2D eigenvalue weighted by molar-refractivity contribution is 5.83. The van der Waals surface area contributed by atoms with Crippen molar-refractivity contribution < 1.29 is 4.79 Å². The Morgan fingerprint density at radius 1 is 1.17 bits per heavy atom. The highest BCUT2D eigenvalue weighted by atomic mass is 16.2. The van der Waals surface area contributed by atoms with Crippen molar-refractivity contribution in [1.29, 1.82) is 0 Å². The SMILES string of the molecule is CN(C)c1ccc2nnc(C3CCN(C4CCNC4=O)CC3)n2n1. The summed E-state index contributed by atoms with van der Waals surface area (Å²) in [6.07, 6.45) is 2.89. The van der Waals surface area contributed by atoms with E-state index in [1.165, 1.54) is 0 Å². The lowest BCUT2D eigenvalue weighted by molar-refractivity contribution is -0.124.